The molecule has 0 unspecified atom stereocenters. The quantitative estimate of drug-likeness (QED) is 0.763. The number of methoxy groups -OCH3 is 1. The zero-order chi connectivity index (χ0) is 18.8. The molecule has 0 N–H and O–H groups in total. The number of ether oxygens (including phenoxy) is 2. The molecule has 1 fully saturated rings. The van der Waals surface area contributed by atoms with Crippen molar-refractivity contribution in [3.63, 3.8) is 0 Å². The third-order valence-electron chi connectivity index (χ3n) is 3.97. The van der Waals surface area contributed by atoms with E-state index < -0.39 is 23.7 Å². The fraction of sp³-hybridized carbons (Fsp3) is 0.611. The fourth-order valence-corrected chi connectivity index (χ4v) is 2.89. The highest BCUT2D eigenvalue weighted by Crippen LogP contribution is 2.23. The third-order valence-corrected chi connectivity index (χ3v) is 3.97. The number of esters is 1. The monoisotopic (exact) mass is 349 g/mol. The first-order valence-electron chi connectivity index (χ1n) is 8.38. The van der Waals surface area contributed by atoms with Crippen LogP contribution in [0, 0.1) is 13.8 Å². The Morgan fingerprint density at radius 3 is 2.48 bits per heavy atom. The standard InChI is InChI=1S/C18H27N3O4/c1-12-9-13(2)15(19-10-12)20-7-8-21(14(11-20)16(22)24-6)17(23)25-18(3,4)5/h9-10,14H,7-8,11H2,1-6H3/t14-/m0/s1. The summed E-state index contributed by atoms with van der Waals surface area (Å²) in [5.41, 5.74) is 1.50. The predicted molar refractivity (Wildman–Crippen MR) is 94.7 cm³/mol. The number of aryl methyl sites for hydroxylation is 2. The SMILES string of the molecule is COC(=O)[C@@H]1CN(c2ncc(C)cc2C)CCN1C(=O)OC(C)(C)C. The Labute approximate surface area is 148 Å². The molecule has 1 aliphatic rings. The van der Waals surface area contributed by atoms with Gasteiger partial charge < -0.3 is 14.4 Å². The van der Waals surface area contributed by atoms with E-state index >= 15 is 0 Å². The highest BCUT2D eigenvalue weighted by Gasteiger charge is 2.38. The van der Waals surface area contributed by atoms with E-state index in [0.717, 1.165) is 16.9 Å². The van der Waals surface area contributed by atoms with Gasteiger partial charge in [-0.05, 0) is 45.7 Å². The average Bonchev–Trinajstić information content (AvgIpc) is 2.52. The summed E-state index contributed by atoms with van der Waals surface area (Å²) >= 11 is 0. The number of carbonyl (C=O) groups is 2. The highest BCUT2D eigenvalue weighted by atomic mass is 16.6. The minimum Gasteiger partial charge on any atom is -0.467 e. The highest BCUT2D eigenvalue weighted by molar-refractivity contribution is 5.82. The van der Waals surface area contributed by atoms with Gasteiger partial charge in [-0.1, -0.05) is 6.07 Å². The minimum atomic E-state index is -0.726. The van der Waals surface area contributed by atoms with Crippen LogP contribution in [0.4, 0.5) is 10.6 Å². The molecule has 7 heteroatoms. The van der Waals surface area contributed by atoms with Crippen LogP contribution in [0.2, 0.25) is 0 Å². The first-order valence-corrected chi connectivity index (χ1v) is 8.38. The molecule has 2 rings (SSSR count). The van der Waals surface area contributed by atoms with Gasteiger partial charge in [-0.25, -0.2) is 14.6 Å². The van der Waals surface area contributed by atoms with E-state index in [9.17, 15) is 9.59 Å². The first-order chi connectivity index (χ1) is 11.6. The van der Waals surface area contributed by atoms with Crippen LogP contribution in [-0.2, 0) is 14.3 Å². The molecule has 138 valence electrons. The number of aromatic nitrogens is 1. The van der Waals surface area contributed by atoms with Crippen LogP contribution in [0.25, 0.3) is 0 Å². The van der Waals surface area contributed by atoms with Crippen molar-refractivity contribution >= 4 is 17.9 Å². The molecule has 0 aromatic carbocycles. The van der Waals surface area contributed by atoms with E-state index in [1.807, 2.05) is 18.7 Å². The predicted octanol–water partition coefficient (Wildman–Crippen LogP) is 2.30. The molecule has 0 aliphatic carbocycles. The number of carbonyl (C=O) groups excluding carboxylic acids is 2. The van der Waals surface area contributed by atoms with Crippen molar-refractivity contribution < 1.29 is 19.1 Å². The van der Waals surface area contributed by atoms with E-state index in [-0.39, 0.29) is 0 Å². The zero-order valence-corrected chi connectivity index (χ0v) is 15.8. The fourth-order valence-electron chi connectivity index (χ4n) is 2.89. The molecular formula is C18H27N3O4. The van der Waals surface area contributed by atoms with E-state index in [0.29, 0.717) is 19.6 Å². The summed E-state index contributed by atoms with van der Waals surface area (Å²) in [6, 6.07) is 1.33. The Morgan fingerprint density at radius 2 is 1.92 bits per heavy atom. The summed E-state index contributed by atoms with van der Waals surface area (Å²) in [4.78, 5) is 32.6. The van der Waals surface area contributed by atoms with Crippen LogP contribution in [-0.4, -0.2) is 60.3 Å². The second-order valence-corrected chi connectivity index (χ2v) is 7.31. The van der Waals surface area contributed by atoms with Gasteiger partial charge in [0.25, 0.3) is 0 Å². The van der Waals surface area contributed by atoms with Crippen LogP contribution in [0.3, 0.4) is 0 Å². The van der Waals surface area contributed by atoms with E-state index in [1.54, 1.807) is 27.0 Å². The number of anilines is 1. The molecule has 0 spiro atoms. The number of piperazine rings is 1. The third kappa shape index (κ3) is 4.61. The van der Waals surface area contributed by atoms with E-state index in [2.05, 4.69) is 11.1 Å². The van der Waals surface area contributed by atoms with Crippen LogP contribution >= 0.6 is 0 Å². The molecule has 2 heterocycles. The maximum atomic E-state index is 12.5. The lowest BCUT2D eigenvalue weighted by atomic mass is 10.1. The maximum Gasteiger partial charge on any atom is 0.411 e. The normalized spacial score (nSPS) is 18.1. The van der Waals surface area contributed by atoms with Crippen molar-refractivity contribution in [2.75, 3.05) is 31.6 Å². The van der Waals surface area contributed by atoms with Gasteiger partial charge in [0, 0.05) is 19.3 Å². The summed E-state index contributed by atoms with van der Waals surface area (Å²) in [5.74, 6) is 0.365. The second kappa shape index (κ2) is 7.29. The van der Waals surface area contributed by atoms with Crippen LogP contribution in [0.15, 0.2) is 12.3 Å². The van der Waals surface area contributed by atoms with Gasteiger partial charge in [-0.2, -0.15) is 0 Å². The molecular weight excluding hydrogens is 322 g/mol. The Kier molecular flexibility index (Phi) is 5.55. The van der Waals surface area contributed by atoms with Gasteiger partial charge in [0.15, 0.2) is 6.04 Å². The molecule has 1 aliphatic heterocycles. The summed E-state index contributed by atoms with van der Waals surface area (Å²) < 4.78 is 10.3. The maximum absolute atomic E-state index is 12.5. The van der Waals surface area contributed by atoms with E-state index in [4.69, 9.17) is 9.47 Å². The summed E-state index contributed by atoms with van der Waals surface area (Å²) in [7, 11) is 1.32. The van der Waals surface area contributed by atoms with Crippen molar-refractivity contribution in [3.05, 3.63) is 23.4 Å². The molecule has 0 bridgehead atoms. The van der Waals surface area contributed by atoms with Crippen molar-refractivity contribution in [2.45, 2.75) is 46.3 Å². The summed E-state index contributed by atoms with van der Waals surface area (Å²) in [6.45, 7) is 10.6. The van der Waals surface area contributed by atoms with Crippen LogP contribution < -0.4 is 4.90 Å². The number of nitrogens with zero attached hydrogens (tertiary/aromatic N) is 3. The molecule has 1 atom stereocenters. The van der Waals surface area contributed by atoms with Gasteiger partial charge in [0.2, 0.25) is 0 Å². The molecule has 0 saturated carbocycles. The van der Waals surface area contributed by atoms with Crippen molar-refractivity contribution in [3.8, 4) is 0 Å². The van der Waals surface area contributed by atoms with Gasteiger partial charge >= 0.3 is 12.1 Å². The average molecular weight is 349 g/mol. The lowest BCUT2D eigenvalue weighted by Gasteiger charge is -2.41. The number of rotatable bonds is 2. The van der Waals surface area contributed by atoms with Crippen molar-refractivity contribution in [1.29, 1.82) is 0 Å². The topological polar surface area (TPSA) is 72.0 Å². The van der Waals surface area contributed by atoms with Gasteiger partial charge in [0.1, 0.15) is 11.4 Å². The number of amides is 1. The Hall–Kier alpha value is -2.31. The lowest BCUT2D eigenvalue weighted by Crippen LogP contribution is -2.59. The van der Waals surface area contributed by atoms with Crippen LogP contribution in [0.1, 0.15) is 31.9 Å². The van der Waals surface area contributed by atoms with Crippen molar-refractivity contribution in [1.82, 2.24) is 9.88 Å². The first kappa shape index (κ1) is 19.0. The smallest absolute Gasteiger partial charge is 0.411 e. The minimum absolute atomic E-state index is 0.322. The van der Waals surface area contributed by atoms with E-state index in [1.165, 1.54) is 12.0 Å². The number of pyridine rings is 1. The Bertz CT molecular complexity index is 654. The van der Waals surface area contributed by atoms with Crippen LogP contribution in [0.5, 0.6) is 0 Å². The molecule has 1 aromatic rings. The van der Waals surface area contributed by atoms with Gasteiger partial charge in [-0.3, -0.25) is 4.90 Å². The number of hydrogen-bond donors (Lipinski definition) is 0. The molecule has 1 aromatic heterocycles. The van der Waals surface area contributed by atoms with Crippen molar-refractivity contribution in [2.24, 2.45) is 0 Å². The molecule has 0 radical (unpaired) electrons. The van der Waals surface area contributed by atoms with Gasteiger partial charge in [0.05, 0.1) is 13.7 Å². The number of hydrogen-bond acceptors (Lipinski definition) is 6. The lowest BCUT2D eigenvalue weighted by molar-refractivity contribution is -0.147. The Balaban J connectivity index is 2.22. The molecule has 1 saturated heterocycles. The molecule has 25 heavy (non-hydrogen) atoms. The second-order valence-electron chi connectivity index (χ2n) is 7.31. The summed E-state index contributed by atoms with van der Waals surface area (Å²) in [5, 5.41) is 0. The molecule has 1 amide bonds. The Morgan fingerprint density at radius 1 is 1.24 bits per heavy atom. The summed E-state index contributed by atoms with van der Waals surface area (Å²) in [6.07, 6.45) is 1.30. The molecule has 7 nitrogen and oxygen atoms in total. The van der Waals surface area contributed by atoms with Gasteiger partial charge in [-0.15, -0.1) is 0 Å². The zero-order valence-electron chi connectivity index (χ0n) is 15.8. The largest absolute Gasteiger partial charge is 0.467 e.